The minimum Gasteiger partial charge on any atom is -0.481 e. The van der Waals surface area contributed by atoms with Crippen molar-refractivity contribution in [2.45, 2.75) is 166 Å². The van der Waals surface area contributed by atoms with Gasteiger partial charge in [0.05, 0.1) is 18.6 Å². The lowest BCUT2D eigenvalue weighted by atomic mass is 10.0. The van der Waals surface area contributed by atoms with Crippen LogP contribution in [0.25, 0.3) is 0 Å². The fraction of sp³-hybridized carbons (Fsp3) is 0.732. The second-order valence-corrected chi connectivity index (χ2v) is 17.5. The van der Waals surface area contributed by atoms with Crippen LogP contribution in [0, 0.1) is 11.8 Å². The highest BCUT2D eigenvalue weighted by molar-refractivity contribution is 5.99. The normalized spacial score (nSPS) is 20.1. The highest BCUT2D eigenvalue weighted by Crippen LogP contribution is 2.23. The average Bonchev–Trinajstić information content (AvgIpc) is 3.92. The zero-order valence-electron chi connectivity index (χ0n) is 38.3. The molecule has 25 heteroatoms. The van der Waals surface area contributed by atoms with Gasteiger partial charge in [0.2, 0.25) is 47.3 Å². The summed E-state index contributed by atoms with van der Waals surface area (Å²) in [6, 6.07) is -12.9. The molecule has 0 spiro atoms. The highest BCUT2D eigenvalue weighted by Gasteiger charge is 2.43. The summed E-state index contributed by atoms with van der Waals surface area (Å²) in [5.74, 6) is -12.3. The van der Waals surface area contributed by atoms with E-state index in [1.54, 1.807) is 27.7 Å². The first-order chi connectivity index (χ1) is 30.7. The Kier molecular flexibility index (Phi) is 21.8. The van der Waals surface area contributed by atoms with Gasteiger partial charge in [0.25, 0.3) is 0 Å². The predicted octanol–water partition coefficient (Wildman–Crippen LogP) is -3.89. The summed E-state index contributed by atoms with van der Waals surface area (Å²) in [7, 11) is 0. The molecule has 2 aliphatic rings. The van der Waals surface area contributed by atoms with Crippen molar-refractivity contribution in [1.82, 2.24) is 41.7 Å². The summed E-state index contributed by atoms with van der Waals surface area (Å²) in [5, 5.41) is 62.8. The van der Waals surface area contributed by atoms with Gasteiger partial charge in [-0.05, 0) is 71.1 Å². The van der Waals surface area contributed by atoms with Crippen molar-refractivity contribution >= 4 is 65.2 Å². The Balaban J connectivity index is 2.29. The zero-order chi connectivity index (χ0) is 50.3. The molecule has 2 heterocycles. The van der Waals surface area contributed by atoms with Gasteiger partial charge in [0.1, 0.15) is 54.4 Å². The maximum Gasteiger partial charge on any atom is 0.325 e. The molecule has 2 saturated heterocycles. The SMILES string of the molecule is CC(C)C[C@H](NC(=O)[C@H](CC(=O)O)NC(=O)[C@@H](NC(=O)[C@@H]1CCCN1C(=O)[C@@H](NC(=O)[C@H](CCC(=O)O)NC(=O)[C@@H](N)[C@@H](C)O)C(C)C)[C@@H](C)O)C(=O)N1CCC[C@H]1C(=O)N[C@@H](C)C(=O)O. The van der Waals surface area contributed by atoms with Gasteiger partial charge in [-0.15, -0.1) is 0 Å². The number of amides is 8. The van der Waals surface area contributed by atoms with Crippen molar-refractivity contribution in [1.29, 1.82) is 0 Å². The number of rotatable bonds is 25. The van der Waals surface area contributed by atoms with E-state index in [2.05, 4.69) is 31.9 Å². The van der Waals surface area contributed by atoms with Crippen LogP contribution >= 0.6 is 0 Å². The number of hydrogen-bond acceptors (Lipinski definition) is 14. The molecule has 0 aromatic heterocycles. The molecular formula is C41H67N9O16. The third-order valence-electron chi connectivity index (χ3n) is 11.1. The largest absolute Gasteiger partial charge is 0.481 e. The summed E-state index contributed by atoms with van der Waals surface area (Å²) < 4.78 is 0. The van der Waals surface area contributed by atoms with E-state index in [9.17, 15) is 78.3 Å². The maximum atomic E-state index is 14.0. The zero-order valence-corrected chi connectivity index (χ0v) is 38.3. The number of hydrogen-bond donors (Lipinski definition) is 12. The van der Waals surface area contributed by atoms with Gasteiger partial charge < -0.3 is 73.0 Å². The molecule has 66 heavy (non-hydrogen) atoms. The van der Waals surface area contributed by atoms with Gasteiger partial charge in [-0.3, -0.25) is 52.7 Å². The van der Waals surface area contributed by atoms with Crippen molar-refractivity contribution in [2.24, 2.45) is 17.6 Å². The fourth-order valence-electron chi connectivity index (χ4n) is 7.41. The third kappa shape index (κ3) is 16.5. The Morgan fingerprint density at radius 1 is 0.576 bits per heavy atom. The lowest BCUT2D eigenvalue weighted by Crippen LogP contribution is -2.62. The van der Waals surface area contributed by atoms with Crippen LogP contribution in [0.4, 0.5) is 0 Å². The number of likely N-dealkylation sites (tertiary alicyclic amines) is 2. The number of nitrogens with one attached hydrogen (secondary N) is 6. The Morgan fingerprint density at radius 2 is 1.08 bits per heavy atom. The van der Waals surface area contributed by atoms with Gasteiger partial charge in [-0.1, -0.05) is 27.7 Å². The van der Waals surface area contributed by atoms with Crippen molar-refractivity contribution in [2.75, 3.05) is 13.1 Å². The third-order valence-corrected chi connectivity index (χ3v) is 11.1. The van der Waals surface area contributed by atoms with Crippen LogP contribution in [-0.2, 0) is 52.7 Å². The standard InChI is InChI=1S/C41H67N9O16/c1-18(2)16-25(39(63)49-14-8-10-26(49)35(59)43-20(5)41(65)66)46-34(58)24(17-29(55)56)45-38(62)32(22(7)52)48-36(60)27-11-9-15-50(27)40(64)31(19(3)4)47-33(57)23(12-13-28(53)54)44-37(61)30(42)21(6)51/h18-27,30-32,51-52H,8-17,42H2,1-7H3,(H,43,59)(H,44,61)(H,45,62)(H,46,58)(H,47,57)(H,48,60)(H,53,54)(H,55,56)(H,65,66)/t20-,21+,22+,23-,24-,25-,26-,27-,30-,31-,32-/m0/s1. The van der Waals surface area contributed by atoms with Crippen molar-refractivity contribution in [3.63, 3.8) is 0 Å². The Bertz CT molecular complexity index is 1810. The van der Waals surface area contributed by atoms with Crippen LogP contribution in [0.2, 0.25) is 0 Å². The molecule has 0 saturated carbocycles. The molecule has 0 bridgehead atoms. The van der Waals surface area contributed by atoms with E-state index in [0.717, 1.165) is 11.8 Å². The first kappa shape index (κ1) is 56.2. The van der Waals surface area contributed by atoms with E-state index in [1.807, 2.05) is 0 Å². The second-order valence-electron chi connectivity index (χ2n) is 17.5. The van der Waals surface area contributed by atoms with Crippen molar-refractivity contribution < 1.29 is 78.3 Å². The second kappa shape index (κ2) is 25.7. The van der Waals surface area contributed by atoms with Crippen LogP contribution in [0.5, 0.6) is 0 Å². The molecule has 372 valence electrons. The number of carbonyl (C=O) groups is 11. The summed E-state index contributed by atoms with van der Waals surface area (Å²) >= 11 is 0. The lowest BCUT2D eigenvalue weighted by molar-refractivity contribution is -0.145. The quantitative estimate of drug-likeness (QED) is 0.0416. The van der Waals surface area contributed by atoms with Gasteiger partial charge in [0, 0.05) is 19.5 Å². The topological polar surface area (TPSA) is 394 Å². The summed E-state index contributed by atoms with van der Waals surface area (Å²) in [5.41, 5.74) is 5.68. The number of aliphatic hydroxyl groups excluding tert-OH is 2. The summed E-state index contributed by atoms with van der Waals surface area (Å²) in [6.07, 6.45) is -4.00. The molecule has 0 aliphatic carbocycles. The van der Waals surface area contributed by atoms with Crippen LogP contribution in [0.3, 0.4) is 0 Å². The molecule has 2 aliphatic heterocycles. The van der Waals surface area contributed by atoms with Gasteiger partial charge in [0.15, 0.2) is 0 Å². The van der Waals surface area contributed by atoms with Gasteiger partial charge >= 0.3 is 17.9 Å². The Labute approximate surface area is 381 Å². The number of aliphatic carboxylic acids is 3. The van der Waals surface area contributed by atoms with Crippen LogP contribution < -0.4 is 37.6 Å². The van der Waals surface area contributed by atoms with Gasteiger partial charge in [-0.25, -0.2) is 0 Å². The van der Waals surface area contributed by atoms with E-state index in [4.69, 9.17) is 5.73 Å². The molecule has 13 N–H and O–H groups in total. The smallest absolute Gasteiger partial charge is 0.325 e. The molecule has 2 rings (SSSR count). The molecule has 25 nitrogen and oxygen atoms in total. The number of aliphatic hydroxyl groups is 2. The minimum atomic E-state index is -1.86. The molecule has 2 fully saturated rings. The Morgan fingerprint density at radius 3 is 1.55 bits per heavy atom. The van der Waals surface area contributed by atoms with Crippen LogP contribution in [0.1, 0.15) is 99.8 Å². The van der Waals surface area contributed by atoms with Gasteiger partial charge in [-0.2, -0.15) is 0 Å². The number of nitrogens with two attached hydrogens (primary N) is 1. The minimum absolute atomic E-state index is 0.00536. The highest BCUT2D eigenvalue weighted by atomic mass is 16.4. The summed E-state index contributed by atoms with van der Waals surface area (Å²) in [6.45, 7) is 10.3. The lowest BCUT2D eigenvalue weighted by Gasteiger charge is -2.33. The summed E-state index contributed by atoms with van der Waals surface area (Å²) in [4.78, 5) is 145. The fourth-order valence-corrected chi connectivity index (χ4v) is 7.41. The van der Waals surface area contributed by atoms with E-state index < -0.39 is 157 Å². The van der Waals surface area contributed by atoms with E-state index in [0.29, 0.717) is 6.42 Å². The van der Waals surface area contributed by atoms with Crippen molar-refractivity contribution in [3.05, 3.63) is 0 Å². The molecule has 11 atom stereocenters. The van der Waals surface area contributed by atoms with Crippen LogP contribution in [-0.4, -0.2) is 180 Å². The predicted molar refractivity (Wildman–Crippen MR) is 229 cm³/mol. The molecular weight excluding hydrogens is 874 g/mol. The molecule has 8 amide bonds. The number of carboxylic acids is 3. The van der Waals surface area contributed by atoms with E-state index >= 15 is 0 Å². The first-order valence-electron chi connectivity index (χ1n) is 21.9. The molecule has 0 unspecified atom stereocenters. The molecule has 0 aromatic carbocycles. The number of carbonyl (C=O) groups excluding carboxylic acids is 8. The molecule has 0 radical (unpaired) electrons. The monoisotopic (exact) mass is 941 g/mol. The van der Waals surface area contributed by atoms with E-state index in [-0.39, 0.29) is 44.7 Å². The number of nitrogens with zero attached hydrogens (tertiary/aromatic N) is 2. The number of carboxylic acid groups (broad SMARTS) is 3. The average molecular weight is 942 g/mol. The maximum absolute atomic E-state index is 14.0. The Hall–Kier alpha value is -5.95. The molecule has 0 aromatic rings. The first-order valence-corrected chi connectivity index (χ1v) is 21.9. The van der Waals surface area contributed by atoms with Crippen molar-refractivity contribution in [3.8, 4) is 0 Å². The van der Waals surface area contributed by atoms with Crippen LogP contribution in [0.15, 0.2) is 0 Å². The van der Waals surface area contributed by atoms with E-state index in [1.165, 1.54) is 18.7 Å².